The van der Waals surface area contributed by atoms with E-state index in [0.717, 1.165) is 37.2 Å². The molecule has 0 saturated heterocycles. The highest BCUT2D eigenvalue weighted by atomic mass is 33.1. The first-order chi connectivity index (χ1) is 21.2. The largest absolute Gasteiger partial charge is 0.334 e. The van der Waals surface area contributed by atoms with Crippen molar-refractivity contribution in [1.29, 1.82) is 0 Å². The molecule has 10 heteroatoms. The molecule has 0 unspecified atom stereocenters. The van der Waals surface area contributed by atoms with Crippen LogP contribution >= 0.6 is 21.6 Å². The van der Waals surface area contributed by atoms with Crippen LogP contribution in [0.1, 0.15) is 51.7 Å². The van der Waals surface area contributed by atoms with Gasteiger partial charge in [0.1, 0.15) is 0 Å². The van der Waals surface area contributed by atoms with Crippen molar-refractivity contribution in [2.75, 3.05) is 50.8 Å². The van der Waals surface area contributed by atoms with Gasteiger partial charge in [0.05, 0.1) is 0 Å². The van der Waals surface area contributed by atoms with Crippen molar-refractivity contribution in [3.63, 3.8) is 0 Å². The van der Waals surface area contributed by atoms with Crippen LogP contribution in [0.2, 0.25) is 0 Å². The quantitative estimate of drug-likeness (QED) is 0.104. The summed E-state index contributed by atoms with van der Waals surface area (Å²) in [5.74, 6) is 2.51. The van der Waals surface area contributed by atoms with E-state index in [1.165, 1.54) is 11.1 Å². The van der Waals surface area contributed by atoms with Crippen molar-refractivity contribution in [1.82, 2.24) is 20.4 Å². The average molecular weight is 645 g/mol. The molecular formula is C34H56N6O2S2. The molecule has 2 aromatic carbocycles. The minimum Gasteiger partial charge on any atom is -0.334 e. The fraction of sp³-hybridized carbons (Fsp3) is 0.588. The first-order valence-corrected chi connectivity index (χ1v) is 18.5. The Labute approximate surface area is 274 Å². The van der Waals surface area contributed by atoms with Crippen LogP contribution in [0.5, 0.6) is 0 Å². The SMILES string of the molecule is CC(C)CCN(CCN)C(=O)N[C@@H](CSSC[C@@H](Cc1ccccc1)NC(=O)N(CCN)CCC(C)C)Cc1ccccc1. The lowest BCUT2D eigenvalue weighted by molar-refractivity contribution is 0.192. The molecule has 0 bridgehead atoms. The number of hydrogen-bond donors (Lipinski definition) is 4. The maximum absolute atomic E-state index is 13.3. The van der Waals surface area contributed by atoms with E-state index in [1.54, 1.807) is 21.6 Å². The third-order valence-corrected chi connectivity index (χ3v) is 9.81. The average Bonchev–Trinajstić information content (AvgIpc) is 3.00. The van der Waals surface area contributed by atoms with Crippen molar-refractivity contribution in [2.24, 2.45) is 23.3 Å². The number of amides is 4. The van der Waals surface area contributed by atoms with Gasteiger partial charge in [-0.3, -0.25) is 0 Å². The summed E-state index contributed by atoms with van der Waals surface area (Å²) in [5.41, 5.74) is 14.1. The second-order valence-corrected chi connectivity index (χ2v) is 14.7. The number of nitrogens with two attached hydrogens (primary N) is 2. The lowest BCUT2D eigenvalue weighted by atomic mass is 10.1. The summed E-state index contributed by atoms with van der Waals surface area (Å²) >= 11 is 0. The lowest BCUT2D eigenvalue weighted by Crippen LogP contribution is -2.49. The summed E-state index contributed by atoms with van der Waals surface area (Å²) in [5, 5.41) is 6.59. The van der Waals surface area contributed by atoms with Gasteiger partial charge in [-0.1, -0.05) is 110 Å². The van der Waals surface area contributed by atoms with Gasteiger partial charge < -0.3 is 31.9 Å². The van der Waals surface area contributed by atoms with Gasteiger partial charge in [0.15, 0.2) is 0 Å². The van der Waals surface area contributed by atoms with E-state index in [1.807, 2.05) is 46.2 Å². The van der Waals surface area contributed by atoms with Gasteiger partial charge in [-0.25, -0.2) is 9.59 Å². The molecule has 2 atom stereocenters. The summed E-state index contributed by atoms with van der Waals surface area (Å²) in [6, 6.07) is 20.4. The van der Waals surface area contributed by atoms with E-state index in [2.05, 4.69) is 62.6 Å². The highest BCUT2D eigenvalue weighted by molar-refractivity contribution is 8.76. The maximum Gasteiger partial charge on any atom is 0.317 e. The Morgan fingerprint density at radius 3 is 1.32 bits per heavy atom. The van der Waals surface area contributed by atoms with E-state index in [4.69, 9.17) is 11.5 Å². The summed E-state index contributed by atoms with van der Waals surface area (Å²) in [7, 11) is 3.48. The zero-order valence-corrected chi connectivity index (χ0v) is 28.9. The third-order valence-electron chi connectivity index (χ3n) is 7.25. The van der Waals surface area contributed by atoms with E-state index < -0.39 is 0 Å². The molecular weight excluding hydrogens is 589 g/mol. The summed E-state index contributed by atoms with van der Waals surface area (Å²) in [6.45, 7) is 12.0. The van der Waals surface area contributed by atoms with Crippen molar-refractivity contribution < 1.29 is 9.59 Å². The van der Waals surface area contributed by atoms with Gasteiger partial charge in [-0.15, -0.1) is 0 Å². The molecule has 4 amide bonds. The van der Waals surface area contributed by atoms with Gasteiger partial charge in [0, 0.05) is 62.9 Å². The number of nitrogens with one attached hydrogen (secondary N) is 2. The number of carbonyl (C=O) groups excluding carboxylic acids is 2. The summed E-state index contributed by atoms with van der Waals surface area (Å²) in [6.07, 6.45) is 3.37. The number of carbonyl (C=O) groups is 2. The zero-order chi connectivity index (χ0) is 32.2. The van der Waals surface area contributed by atoms with Crippen LogP contribution in [-0.2, 0) is 12.8 Å². The van der Waals surface area contributed by atoms with Gasteiger partial charge in [-0.2, -0.15) is 0 Å². The monoisotopic (exact) mass is 644 g/mol. The normalized spacial score (nSPS) is 12.6. The van der Waals surface area contributed by atoms with Crippen molar-refractivity contribution in [2.45, 2.75) is 65.5 Å². The summed E-state index contributed by atoms with van der Waals surface area (Å²) < 4.78 is 0. The molecule has 44 heavy (non-hydrogen) atoms. The smallest absolute Gasteiger partial charge is 0.317 e. The molecule has 0 radical (unpaired) electrons. The van der Waals surface area contributed by atoms with E-state index >= 15 is 0 Å². The lowest BCUT2D eigenvalue weighted by Gasteiger charge is -2.28. The molecule has 0 saturated carbocycles. The topological polar surface area (TPSA) is 117 Å². The van der Waals surface area contributed by atoms with Crippen LogP contribution in [0.4, 0.5) is 9.59 Å². The van der Waals surface area contributed by atoms with E-state index in [-0.39, 0.29) is 24.1 Å². The fourth-order valence-electron chi connectivity index (χ4n) is 4.66. The minimum absolute atomic E-state index is 0.0417. The number of benzene rings is 2. The molecule has 8 nitrogen and oxygen atoms in total. The number of rotatable bonds is 21. The second-order valence-electron chi connectivity index (χ2n) is 12.2. The van der Waals surface area contributed by atoms with Crippen LogP contribution < -0.4 is 22.1 Å². The molecule has 0 aliphatic carbocycles. The predicted octanol–water partition coefficient (Wildman–Crippen LogP) is 5.62. The fourth-order valence-corrected chi connectivity index (χ4v) is 7.15. The van der Waals surface area contributed by atoms with Crippen LogP contribution in [0, 0.1) is 11.8 Å². The molecule has 0 fully saturated rings. The van der Waals surface area contributed by atoms with Crippen LogP contribution in [-0.4, -0.2) is 84.7 Å². The zero-order valence-electron chi connectivity index (χ0n) is 27.3. The third kappa shape index (κ3) is 16.1. The molecule has 0 heterocycles. The van der Waals surface area contributed by atoms with Gasteiger partial charge in [-0.05, 0) is 48.6 Å². The Bertz CT molecular complexity index is 961. The van der Waals surface area contributed by atoms with Crippen molar-refractivity contribution in [3.05, 3.63) is 71.8 Å². The number of hydrogen-bond acceptors (Lipinski definition) is 6. The maximum atomic E-state index is 13.3. The molecule has 0 spiro atoms. The van der Waals surface area contributed by atoms with Crippen LogP contribution in [0.3, 0.4) is 0 Å². The molecule has 246 valence electrons. The first kappa shape index (κ1) is 37.8. The van der Waals surface area contributed by atoms with Crippen molar-refractivity contribution in [3.8, 4) is 0 Å². The Morgan fingerprint density at radius 1 is 0.636 bits per heavy atom. The Hall–Kier alpha value is -2.40. The highest BCUT2D eigenvalue weighted by Crippen LogP contribution is 2.25. The minimum atomic E-state index is -0.0572. The Kier molecular flexibility index (Phi) is 19.0. The predicted molar refractivity (Wildman–Crippen MR) is 190 cm³/mol. The highest BCUT2D eigenvalue weighted by Gasteiger charge is 2.21. The molecule has 6 N–H and O–H groups in total. The standard InChI is InChI=1S/C34H56N6O2S2/c1-27(2)15-19-39(21-17-35)33(41)37-31(23-29-11-7-5-8-12-29)25-43-44-26-32(24-30-13-9-6-10-14-30)38-34(42)40(22-18-36)20-16-28(3)4/h5-14,27-28,31-32H,15-26,35-36H2,1-4H3,(H,37,41)(H,38,42)/t31-,32-/m1/s1. The number of urea groups is 2. The van der Waals surface area contributed by atoms with Gasteiger partial charge in [0.25, 0.3) is 0 Å². The number of nitrogens with zero attached hydrogens (tertiary/aromatic N) is 2. The van der Waals surface area contributed by atoms with Crippen molar-refractivity contribution >= 4 is 33.7 Å². The molecule has 0 aliphatic heterocycles. The second kappa shape index (κ2) is 22.2. The molecule has 0 aliphatic rings. The van der Waals surface area contributed by atoms with E-state index in [9.17, 15) is 9.59 Å². The van der Waals surface area contributed by atoms with Gasteiger partial charge >= 0.3 is 12.1 Å². The van der Waals surface area contributed by atoms with Gasteiger partial charge in [0.2, 0.25) is 0 Å². The van der Waals surface area contributed by atoms with Crippen LogP contribution in [0.15, 0.2) is 60.7 Å². The van der Waals surface area contributed by atoms with E-state index in [0.29, 0.717) is 51.1 Å². The first-order valence-electron chi connectivity index (χ1n) is 16.0. The summed E-state index contributed by atoms with van der Waals surface area (Å²) in [4.78, 5) is 30.3. The molecule has 0 aromatic heterocycles. The van der Waals surface area contributed by atoms with Crippen LogP contribution in [0.25, 0.3) is 0 Å². The molecule has 2 rings (SSSR count). The Balaban J connectivity index is 2.06. The Morgan fingerprint density at radius 2 is 1.00 bits per heavy atom. The molecule has 2 aromatic rings.